The summed E-state index contributed by atoms with van der Waals surface area (Å²) in [5, 5.41) is 0. The van der Waals surface area contributed by atoms with Crippen LogP contribution in [-0.4, -0.2) is 28.8 Å². The van der Waals surface area contributed by atoms with Gasteiger partial charge in [0.25, 0.3) is 0 Å². The molecule has 0 aromatic carbocycles. The molecule has 0 radical (unpaired) electrons. The lowest BCUT2D eigenvalue weighted by Gasteiger charge is -2.25. The first-order chi connectivity index (χ1) is 8.33. The second-order valence-electron chi connectivity index (χ2n) is 5.36. The largest absolute Gasteiger partial charge is 0.381 e. The van der Waals surface area contributed by atoms with E-state index in [1.54, 1.807) is 0 Å². The van der Waals surface area contributed by atoms with Crippen LogP contribution in [0.25, 0.3) is 0 Å². The summed E-state index contributed by atoms with van der Waals surface area (Å²) in [5.41, 5.74) is 7.40. The van der Waals surface area contributed by atoms with Gasteiger partial charge in [-0.25, -0.2) is 4.98 Å². The van der Waals surface area contributed by atoms with Crippen molar-refractivity contribution < 1.29 is 4.74 Å². The second-order valence-corrected chi connectivity index (χ2v) is 5.36. The van der Waals surface area contributed by atoms with Gasteiger partial charge in [-0.05, 0) is 31.6 Å². The molecule has 0 amide bonds. The van der Waals surface area contributed by atoms with Crippen LogP contribution in [0.4, 0.5) is 0 Å². The van der Waals surface area contributed by atoms with Gasteiger partial charge in [0.1, 0.15) is 5.82 Å². The Morgan fingerprint density at radius 2 is 2.41 bits per heavy atom. The minimum atomic E-state index is 0.304. The van der Waals surface area contributed by atoms with Crippen molar-refractivity contribution in [2.75, 3.05) is 13.2 Å². The SMILES string of the molecule is NC1CCc2cnc(CC3CCCOC3)n2C1. The highest BCUT2D eigenvalue weighted by atomic mass is 16.5. The van der Waals surface area contributed by atoms with Gasteiger partial charge >= 0.3 is 0 Å². The normalized spacial score (nSPS) is 29.0. The van der Waals surface area contributed by atoms with Crippen LogP contribution in [0.2, 0.25) is 0 Å². The van der Waals surface area contributed by atoms with Crippen LogP contribution in [0.1, 0.15) is 30.8 Å². The number of nitrogens with two attached hydrogens (primary N) is 1. The Hall–Kier alpha value is -0.870. The molecule has 4 heteroatoms. The summed E-state index contributed by atoms with van der Waals surface area (Å²) in [5.74, 6) is 1.86. The van der Waals surface area contributed by atoms with Crippen molar-refractivity contribution in [3.05, 3.63) is 17.7 Å². The number of fused-ring (bicyclic) bond motifs is 1. The van der Waals surface area contributed by atoms with E-state index in [9.17, 15) is 0 Å². The lowest BCUT2D eigenvalue weighted by atomic mass is 9.98. The number of rotatable bonds is 2. The molecule has 4 nitrogen and oxygen atoms in total. The molecule has 1 saturated heterocycles. The van der Waals surface area contributed by atoms with E-state index in [0.717, 1.165) is 39.0 Å². The molecule has 2 aliphatic heterocycles. The molecule has 0 spiro atoms. The third-order valence-electron chi connectivity index (χ3n) is 3.94. The first-order valence-electron chi connectivity index (χ1n) is 6.69. The van der Waals surface area contributed by atoms with E-state index in [1.165, 1.54) is 24.4 Å². The number of aryl methyl sites for hydroxylation is 1. The number of aromatic nitrogens is 2. The Kier molecular flexibility index (Phi) is 3.16. The molecule has 0 saturated carbocycles. The predicted molar refractivity (Wildman–Crippen MR) is 65.8 cm³/mol. The molecule has 94 valence electrons. The van der Waals surface area contributed by atoms with Gasteiger partial charge in [-0.1, -0.05) is 0 Å². The zero-order chi connectivity index (χ0) is 11.7. The van der Waals surface area contributed by atoms with Gasteiger partial charge in [0.15, 0.2) is 0 Å². The minimum absolute atomic E-state index is 0.304. The first-order valence-corrected chi connectivity index (χ1v) is 6.69. The van der Waals surface area contributed by atoms with Crippen molar-refractivity contribution in [2.45, 2.75) is 44.7 Å². The van der Waals surface area contributed by atoms with Crippen molar-refractivity contribution in [1.29, 1.82) is 0 Å². The maximum atomic E-state index is 6.04. The Morgan fingerprint density at radius 1 is 1.47 bits per heavy atom. The Morgan fingerprint density at radius 3 is 3.24 bits per heavy atom. The molecule has 1 aromatic heterocycles. The van der Waals surface area contributed by atoms with Gasteiger partial charge in [-0.15, -0.1) is 0 Å². The third kappa shape index (κ3) is 2.38. The van der Waals surface area contributed by atoms with Crippen LogP contribution in [0, 0.1) is 5.92 Å². The molecule has 0 aliphatic carbocycles. The number of hydrogen-bond donors (Lipinski definition) is 1. The maximum absolute atomic E-state index is 6.04. The lowest BCUT2D eigenvalue weighted by molar-refractivity contribution is 0.0539. The Balaban J connectivity index is 1.72. The van der Waals surface area contributed by atoms with E-state index in [2.05, 4.69) is 9.55 Å². The summed E-state index contributed by atoms with van der Waals surface area (Å²) in [7, 11) is 0. The summed E-state index contributed by atoms with van der Waals surface area (Å²) < 4.78 is 7.87. The zero-order valence-electron chi connectivity index (χ0n) is 10.3. The fraction of sp³-hybridized carbons (Fsp3) is 0.769. The molecule has 2 unspecified atom stereocenters. The van der Waals surface area contributed by atoms with E-state index >= 15 is 0 Å². The molecule has 2 atom stereocenters. The number of hydrogen-bond acceptors (Lipinski definition) is 3. The van der Waals surface area contributed by atoms with E-state index in [4.69, 9.17) is 10.5 Å². The molecular weight excluding hydrogens is 214 g/mol. The van der Waals surface area contributed by atoms with Crippen molar-refractivity contribution >= 4 is 0 Å². The summed E-state index contributed by atoms with van der Waals surface area (Å²) in [6.45, 7) is 2.77. The molecule has 3 rings (SSSR count). The molecule has 2 N–H and O–H groups in total. The second kappa shape index (κ2) is 4.78. The van der Waals surface area contributed by atoms with Crippen LogP contribution in [0.15, 0.2) is 6.20 Å². The van der Waals surface area contributed by atoms with Crippen LogP contribution in [-0.2, 0) is 24.1 Å². The third-order valence-corrected chi connectivity index (χ3v) is 3.94. The highest BCUT2D eigenvalue weighted by Gasteiger charge is 2.22. The summed E-state index contributed by atoms with van der Waals surface area (Å²) in [6.07, 6.45) is 7.72. The van der Waals surface area contributed by atoms with E-state index in [-0.39, 0.29) is 0 Å². The fourth-order valence-electron chi connectivity index (χ4n) is 2.92. The van der Waals surface area contributed by atoms with Crippen LogP contribution in [0.3, 0.4) is 0 Å². The highest BCUT2D eigenvalue weighted by molar-refractivity contribution is 5.10. The van der Waals surface area contributed by atoms with E-state index in [1.807, 2.05) is 6.20 Å². The van der Waals surface area contributed by atoms with Gasteiger partial charge in [-0.3, -0.25) is 0 Å². The van der Waals surface area contributed by atoms with Gasteiger partial charge in [0, 0.05) is 44.1 Å². The topological polar surface area (TPSA) is 53.1 Å². The standard InChI is InChI=1S/C13H21N3O/c14-11-3-4-12-7-15-13(16(12)8-11)6-10-2-1-5-17-9-10/h7,10-11H,1-6,8-9,14H2. The average molecular weight is 235 g/mol. The summed E-state index contributed by atoms with van der Waals surface area (Å²) in [4.78, 5) is 4.58. The lowest BCUT2D eigenvalue weighted by Crippen LogP contribution is -2.33. The fourth-order valence-corrected chi connectivity index (χ4v) is 2.92. The van der Waals surface area contributed by atoms with Crippen molar-refractivity contribution in [1.82, 2.24) is 9.55 Å². The summed E-state index contributed by atoms with van der Waals surface area (Å²) in [6, 6.07) is 0.304. The van der Waals surface area contributed by atoms with Gasteiger partial charge in [0.2, 0.25) is 0 Å². The molecule has 17 heavy (non-hydrogen) atoms. The van der Waals surface area contributed by atoms with Crippen molar-refractivity contribution in [3.8, 4) is 0 Å². The van der Waals surface area contributed by atoms with Crippen LogP contribution in [0.5, 0.6) is 0 Å². The molecule has 2 aliphatic rings. The summed E-state index contributed by atoms with van der Waals surface area (Å²) >= 11 is 0. The van der Waals surface area contributed by atoms with Gasteiger partial charge < -0.3 is 15.0 Å². The van der Waals surface area contributed by atoms with E-state index in [0.29, 0.717) is 12.0 Å². The quantitative estimate of drug-likeness (QED) is 0.836. The van der Waals surface area contributed by atoms with Crippen LogP contribution >= 0.6 is 0 Å². The monoisotopic (exact) mass is 235 g/mol. The molecule has 1 aromatic rings. The number of ether oxygens (including phenoxy) is 1. The molecular formula is C13H21N3O. The van der Waals surface area contributed by atoms with Crippen molar-refractivity contribution in [2.24, 2.45) is 11.7 Å². The molecule has 1 fully saturated rings. The van der Waals surface area contributed by atoms with Gasteiger partial charge in [0.05, 0.1) is 0 Å². The number of nitrogens with zero attached hydrogens (tertiary/aromatic N) is 2. The number of imidazole rings is 1. The Labute approximate surface area is 102 Å². The van der Waals surface area contributed by atoms with Gasteiger partial charge in [-0.2, -0.15) is 0 Å². The average Bonchev–Trinajstić information content (AvgIpc) is 2.73. The molecule has 0 bridgehead atoms. The maximum Gasteiger partial charge on any atom is 0.109 e. The van der Waals surface area contributed by atoms with E-state index < -0.39 is 0 Å². The highest BCUT2D eigenvalue weighted by Crippen LogP contribution is 2.22. The Bertz CT molecular complexity index is 382. The van der Waals surface area contributed by atoms with Crippen LogP contribution < -0.4 is 5.73 Å². The smallest absolute Gasteiger partial charge is 0.109 e. The van der Waals surface area contributed by atoms with Crippen molar-refractivity contribution in [3.63, 3.8) is 0 Å². The zero-order valence-corrected chi connectivity index (χ0v) is 10.3. The predicted octanol–water partition coefficient (Wildman–Crippen LogP) is 1.13. The molecule has 3 heterocycles. The minimum Gasteiger partial charge on any atom is -0.381 e. The first kappa shape index (κ1) is 11.2.